The van der Waals surface area contributed by atoms with E-state index in [1.807, 2.05) is 31.5 Å². The van der Waals surface area contributed by atoms with Gasteiger partial charge in [-0.25, -0.2) is 0 Å². The predicted octanol–water partition coefficient (Wildman–Crippen LogP) is 4.03. The van der Waals surface area contributed by atoms with Crippen LogP contribution in [0.1, 0.15) is 43.0 Å². The van der Waals surface area contributed by atoms with Crippen molar-refractivity contribution < 1.29 is 4.74 Å². The molecule has 1 aromatic heterocycles. The molecule has 1 N–H and O–H groups in total. The molecule has 21 heavy (non-hydrogen) atoms. The highest BCUT2D eigenvalue weighted by Crippen LogP contribution is 2.20. The van der Waals surface area contributed by atoms with Crippen LogP contribution in [0.2, 0.25) is 0 Å². The van der Waals surface area contributed by atoms with Gasteiger partial charge in [0, 0.05) is 24.0 Å². The molecule has 3 heteroatoms. The molecule has 1 aromatic carbocycles. The van der Waals surface area contributed by atoms with Crippen LogP contribution in [0.3, 0.4) is 0 Å². The average Bonchev–Trinajstić information content (AvgIpc) is 2.51. The quantitative estimate of drug-likeness (QED) is 0.833. The van der Waals surface area contributed by atoms with Crippen LogP contribution in [0, 0.1) is 6.92 Å². The summed E-state index contributed by atoms with van der Waals surface area (Å²) in [4.78, 5) is 4.18. The lowest BCUT2D eigenvalue weighted by molar-refractivity contribution is 0.305. The van der Waals surface area contributed by atoms with Crippen LogP contribution in [-0.4, -0.2) is 11.5 Å². The normalized spacial score (nSPS) is 12.1. The van der Waals surface area contributed by atoms with Crippen LogP contribution >= 0.6 is 0 Å². The maximum atomic E-state index is 5.81. The Kier molecular flexibility index (Phi) is 5.76. The fourth-order valence-electron chi connectivity index (χ4n) is 2.40. The van der Waals surface area contributed by atoms with Crippen molar-refractivity contribution in [1.82, 2.24) is 10.3 Å². The van der Waals surface area contributed by atoms with Gasteiger partial charge in [0.05, 0.1) is 0 Å². The number of nitrogens with one attached hydrogen (secondary N) is 1. The molecule has 0 bridgehead atoms. The Morgan fingerprint density at radius 3 is 2.52 bits per heavy atom. The van der Waals surface area contributed by atoms with Crippen LogP contribution in [0.25, 0.3) is 0 Å². The third-order valence-corrected chi connectivity index (χ3v) is 3.48. The highest BCUT2D eigenvalue weighted by molar-refractivity contribution is 5.29. The van der Waals surface area contributed by atoms with Crippen molar-refractivity contribution >= 4 is 0 Å². The molecule has 2 rings (SSSR count). The lowest BCUT2D eigenvalue weighted by Crippen LogP contribution is -2.19. The van der Waals surface area contributed by atoms with Gasteiger partial charge in [-0.1, -0.05) is 26.0 Å². The SMILES string of the molecule is CCNC(CC)c1ccc(OCc2cncc(C)c2)cc1. The van der Waals surface area contributed by atoms with Crippen LogP contribution in [-0.2, 0) is 6.61 Å². The Morgan fingerprint density at radius 2 is 1.90 bits per heavy atom. The molecule has 0 fully saturated rings. The maximum Gasteiger partial charge on any atom is 0.119 e. The molecular weight excluding hydrogens is 260 g/mol. The first-order valence-corrected chi connectivity index (χ1v) is 7.59. The summed E-state index contributed by atoms with van der Waals surface area (Å²) >= 11 is 0. The lowest BCUT2D eigenvalue weighted by Gasteiger charge is -2.16. The van der Waals surface area contributed by atoms with E-state index in [0.29, 0.717) is 12.6 Å². The number of hydrogen-bond acceptors (Lipinski definition) is 3. The summed E-state index contributed by atoms with van der Waals surface area (Å²) in [7, 11) is 0. The van der Waals surface area contributed by atoms with E-state index in [1.165, 1.54) is 5.56 Å². The van der Waals surface area contributed by atoms with Gasteiger partial charge in [0.15, 0.2) is 0 Å². The lowest BCUT2D eigenvalue weighted by atomic mass is 10.0. The Bertz CT molecular complexity index is 551. The molecule has 0 amide bonds. The molecule has 1 heterocycles. The Labute approximate surface area is 127 Å². The van der Waals surface area contributed by atoms with Crippen molar-refractivity contribution in [3.8, 4) is 5.75 Å². The van der Waals surface area contributed by atoms with Crippen LogP contribution in [0.15, 0.2) is 42.7 Å². The average molecular weight is 284 g/mol. The molecule has 3 nitrogen and oxygen atoms in total. The summed E-state index contributed by atoms with van der Waals surface area (Å²) in [5.41, 5.74) is 3.56. The van der Waals surface area contributed by atoms with Crippen molar-refractivity contribution in [2.45, 2.75) is 39.8 Å². The Hall–Kier alpha value is -1.87. The number of benzene rings is 1. The molecule has 112 valence electrons. The van der Waals surface area contributed by atoms with Gasteiger partial charge in [0.25, 0.3) is 0 Å². The van der Waals surface area contributed by atoms with Crippen LogP contribution < -0.4 is 10.1 Å². The van der Waals surface area contributed by atoms with Gasteiger partial charge < -0.3 is 10.1 Å². The highest BCUT2D eigenvalue weighted by Gasteiger charge is 2.07. The maximum absolute atomic E-state index is 5.81. The van der Waals surface area contributed by atoms with E-state index < -0.39 is 0 Å². The zero-order valence-corrected chi connectivity index (χ0v) is 13.1. The topological polar surface area (TPSA) is 34.1 Å². The molecule has 0 spiro atoms. The molecule has 2 aromatic rings. The number of aromatic nitrogens is 1. The molecule has 0 aliphatic heterocycles. The summed E-state index contributed by atoms with van der Waals surface area (Å²) in [6, 6.07) is 10.9. The minimum atomic E-state index is 0.421. The van der Waals surface area contributed by atoms with Crippen molar-refractivity contribution in [2.24, 2.45) is 0 Å². The third-order valence-electron chi connectivity index (χ3n) is 3.48. The van der Waals surface area contributed by atoms with E-state index in [4.69, 9.17) is 4.74 Å². The second-order valence-corrected chi connectivity index (χ2v) is 5.25. The monoisotopic (exact) mass is 284 g/mol. The second kappa shape index (κ2) is 7.79. The van der Waals surface area contributed by atoms with E-state index in [0.717, 1.165) is 29.8 Å². The highest BCUT2D eigenvalue weighted by atomic mass is 16.5. The smallest absolute Gasteiger partial charge is 0.119 e. The van der Waals surface area contributed by atoms with Gasteiger partial charge in [-0.15, -0.1) is 0 Å². The van der Waals surface area contributed by atoms with E-state index in [2.05, 4.69) is 42.3 Å². The fourth-order valence-corrected chi connectivity index (χ4v) is 2.40. The first kappa shape index (κ1) is 15.5. The van der Waals surface area contributed by atoms with Gasteiger partial charge in [0.2, 0.25) is 0 Å². The van der Waals surface area contributed by atoms with Gasteiger partial charge >= 0.3 is 0 Å². The summed E-state index contributed by atoms with van der Waals surface area (Å²) in [6.07, 6.45) is 4.78. The van der Waals surface area contributed by atoms with Gasteiger partial charge in [-0.05, 0) is 49.2 Å². The summed E-state index contributed by atoms with van der Waals surface area (Å²) in [5.74, 6) is 0.895. The largest absolute Gasteiger partial charge is 0.489 e. The van der Waals surface area contributed by atoms with Crippen molar-refractivity contribution in [2.75, 3.05) is 6.54 Å². The van der Waals surface area contributed by atoms with Gasteiger partial charge in [0.1, 0.15) is 12.4 Å². The molecule has 0 aliphatic rings. The van der Waals surface area contributed by atoms with E-state index in [9.17, 15) is 0 Å². The number of hydrogen-bond donors (Lipinski definition) is 1. The molecular formula is C18H24N2O. The molecule has 0 aliphatic carbocycles. The zero-order valence-electron chi connectivity index (χ0n) is 13.1. The summed E-state index contributed by atoms with van der Waals surface area (Å²) < 4.78 is 5.81. The fraction of sp³-hybridized carbons (Fsp3) is 0.389. The first-order chi connectivity index (χ1) is 10.2. The number of rotatable bonds is 7. The molecule has 0 saturated carbocycles. The molecule has 0 radical (unpaired) electrons. The molecule has 1 unspecified atom stereocenters. The van der Waals surface area contributed by atoms with E-state index >= 15 is 0 Å². The summed E-state index contributed by atoms with van der Waals surface area (Å²) in [5, 5.41) is 3.48. The van der Waals surface area contributed by atoms with Crippen LogP contribution in [0.4, 0.5) is 0 Å². The van der Waals surface area contributed by atoms with E-state index in [-0.39, 0.29) is 0 Å². The third kappa shape index (κ3) is 4.57. The molecule has 0 saturated heterocycles. The van der Waals surface area contributed by atoms with Crippen molar-refractivity contribution in [3.63, 3.8) is 0 Å². The van der Waals surface area contributed by atoms with E-state index in [1.54, 1.807) is 0 Å². The number of ether oxygens (including phenoxy) is 1. The Morgan fingerprint density at radius 1 is 1.14 bits per heavy atom. The number of aryl methyl sites for hydroxylation is 1. The van der Waals surface area contributed by atoms with Gasteiger partial charge in [-0.3, -0.25) is 4.98 Å². The molecule has 1 atom stereocenters. The first-order valence-electron chi connectivity index (χ1n) is 7.59. The number of pyridine rings is 1. The minimum Gasteiger partial charge on any atom is -0.489 e. The van der Waals surface area contributed by atoms with Crippen molar-refractivity contribution in [1.29, 1.82) is 0 Å². The predicted molar refractivity (Wildman–Crippen MR) is 86.5 cm³/mol. The second-order valence-electron chi connectivity index (χ2n) is 5.25. The number of nitrogens with zero attached hydrogens (tertiary/aromatic N) is 1. The standard InChI is InChI=1S/C18H24N2O/c1-4-18(20-5-2)16-6-8-17(9-7-16)21-13-15-10-14(3)11-19-12-15/h6-12,18,20H,4-5,13H2,1-3H3. The Balaban J connectivity index is 1.96. The minimum absolute atomic E-state index is 0.421. The van der Waals surface area contributed by atoms with Crippen molar-refractivity contribution in [3.05, 3.63) is 59.4 Å². The van der Waals surface area contributed by atoms with Crippen LogP contribution in [0.5, 0.6) is 5.75 Å². The van der Waals surface area contributed by atoms with Gasteiger partial charge in [-0.2, -0.15) is 0 Å². The zero-order chi connectivity index (χ0) is 15.1. The summed E-state index contributed by atoms with van der Waals surface area (Å²) in [6.45, 7) is 7.91.